The van der Waals surface area contributed by atoms with Gasteiger partial charge in [-0.25, -0.2) is 0 Å². The molecule has 2 saturated heterocycles. The molecule has 0 aliphatic carbocycles. The normalized spacial score (nSPS) is 39.4. The maximum absolute atomic E-state index is 9.56. The van der Waals surface area contributed by atoms with E-state index in [1.54, 1.807) is 0 Å². The van der Waals surface area contributed by atoms with Crippen molar-refractivity contribution in [2.45, 2.75) is 73.6 Å². The molecule has 11 atom stereocenters. The van der Waals surface area contributed by atoms with Crippen molar-refractivity contribution < 1.29 is 80.2 Å². The van der Waals surface area contributed by atoms with Gasteiger partial charge in [0.05, 0.1) is 39.6 Å². The maximum atomic E-state index is 9.56. The SMILES string of the molecule is OCC(CO)OC1OC(CO)C(O)C(O)C1O.OCC(O)COC1OC(CO)C(O)C(O)C1O. The van der Waals surface area contributed by atoms with Crippen molar-refractivity contribution in [3.63, 3.8) is 0 Å². The largest absolute Gasteiger partial charge is 0.394 e. The third kappa shape index (κ3) is 8.49. The van der Waals surface area contributed by atoms with Crippen LogP contribution in [0.2, 0.25) is 0 Å². The van der Waals surface area contributed by atoms with Crippen LogP contribution < -0.4 is 0 Å². The fourth-order valence-corrected chi connectivity index (χ4v) is 2.98. The molecule has 0 spiro atoms. The van der Waals surface area contributed by atoms with Crippen molar-refractivity contribution in [3.05, 3.63) is 0 Å². The van der Waals surface area contributed by atoms with Gasteiger partial charge in [-0.3, -0.25) is 0 Å². The van der Waals surface area contributed by atoms with E-state index in [4.69, 9.17) is 49.6 Å². The molecule has 2 aliphatic rings. The number of ether oxygens (including phenoxy) is 4. The van der Waals surface area contributed by atoms with Crippen LogP contribution in [0.1, 0.15) is 0 Å². The molecule has 0 aromatic carbocycles. The van der Waals surface area contributed by atoms with E-state index in [-0.39, 0.29) is 6.61 Å². The first-order chi connectivity index (χ1) is 16.1. The van der Waals surface area contributed by atoms with Gasteiger partial charge in [-0.05, 0) is 0 Å². The van der Waals surface area contributed by atoms with Gasteiger partial charge >= 0.3 is 0 Å². The molecule has 34 heavy (non-hydrogen) atoms. The Hall–Kier alpha value is -0.640. The smallest absolute Gasteiger partial charge is 0.187 e. The van der Waals surface area contributed by atoms with Crippen LogP contribution in [0.4, 0.5) is 0 Å². The van der Waals surface area contributed by atoms with E-state index in [0.29, 0.717) is 0 Å². The zero-order valence-corrected chi connectivity index (χ0v) is 18.2. The van der Waals surface area contributed by atoms with Crippen LogP contribution in [0.25, 0.3) is 0 Å². The summed E-state index contributed by atoms with van der Waals surface area (Å²) in [5.74, 6) is 0. The van der Waals surface area contributed by atoms with Gasteiger partial charge in [-0.1, -0.05) is 0 Å². The molecule has 0 aromatic heterocycles. The lowest BCUT2D eigenvalue weighted by Gasteiger charge is -2.40. The van der Waals surface area contributed by atoms with Crippen LogP contribution in [0.3, 0.4) is 0 Å². The second-order valence-corrected chi connectivity index (χ2v) is 7.69. The first kappa shape index (κ1) is 31.4. The number of aliphatic hydroxyl groups is 12. The van der Waals surface area contributed by atoms with E-state index < -0.39 is 107 Å². The first-order valence-electron chi connectivity index (χ1n) is 10.4. The molecular formula is C18H36O16. The molecule has 2 aliphatic heterocycles. The summed E-state index contributed by atoms with van der Waals surface area (Å²) in [6.45, 7) is -2.92. The lowest BCUT2D eigenvalue weighted by atomic mass is 9.99. The number of aliphatic hydroxyl groups excluding tert-OH is 12. The highest BCUT2D eigenvalue weighted by atomic mass is 16.7. The predicted molar refractivity (Wildman–Crippen MR) is 106 cm³/mol. The summed E-state index contributed by atoms with van der Waals surface area (Å²) in [4.78, 5) is 0. The lowest BCUT2D eigenvalue weighted by Crippen LogP contribution is -2.60. The Morgan fingerprint density at radius 1 is 0.588 bits per heavy atom. The summed E-state index contributed by atoms with van der Waals surface area (Å²) in [5.41, 5.74) is 0. The van der Waals surface area contributed by atoms with Gasteiger partial charge in [-0.15, -0.1) is 0 Å². The Morgan fingerprint density at radius 2 is 1.03 bits per heavy atom. The van der Waals surface area contributed by atoms with Crippen molar-refractivity contribution in [2.24, 2.45) is 0 Å². The molecule has 16 nitrogen and oxygen atoms in total. The quantitative estimate of drug-likeness (QED) is 0.130. The standard InChI is InChI=1S/2C9H18O8/c10-1-4(12)3-16-9-8(15)7(14)6(13)5(2-11)17-9;10-1-4(2-11)16-9-8(15)7(14)6(13)5(3-12)17-9/h2*4-15H,1-3H2. The average Bonchev–Trinajstić information content (AvgIpc) is 2.85. The molecule has 0 saturated carbocycles. The van der Waals surface area contributed by atoms with Gasteiger partial charge in [0.15, 0.2) is 12.6 Å². The molecule has 2 heterocycles. The molecule has 11 unspecified atom stereocenters. The van der Waals surface area contributed by atoms with E-state index >= 15 is 0 Å². The van der Waals surface area contributed by atoms with E-state index in [1.807, 2.05) is 0 Å². The van der Waals surface area contributed by atoms with Gasteiger partial charge in [-0.2, -0.15) is 0 Å². The fourth-order valence-electron chi connectivity index (χ4n) is 2.98. The van der Waals surface area contributed by atoms with Crippen molar-refractivity contribution >= 4 is 0 Å². The van der Waals surface area contributed by atoms with E-state index in [0.717, 1.165) is 0 Å². The summed E-state index contributed by atoms with van der Waals surface area (Å²) in [6.07, 6.45) is -15.9. The van der Waals surface area contributed by atoms with Crippen LogP contribution in [0.5, 0.6) is 0 Å². The Balaban J connectivity index is 0.000000340. The molecular weight excluding hydrogens is 472 g/mol. The predicted octanol–water partition coefficient (Wildman–Crippen LogP) is -7.69. The van der Waals surface area contributed by atoms with Gasteiger partial charge in [0.25, 0.3) is 0 Å². The topological polar surface area (TPSA) is 280 Å². The van der Waals surface area contributed by atoms with Crippen molar-refractivity contribution in [1.82, 2.24) is 0 Å². The van der Waals surface area contributed by atoms with Crippen molar-refractivity contribution in [1.29, 1.82) is 0 Å². The number of hydrogen-bond donors (Lipinski definition) is 12. The van der Waals surface area contributed by atoms with Gasteiger partial charge in [0.1, 0.15) is 61.0 Å². The summed E-state index contributed by atoms with van der Waals surface area (Å²) in [6, 6.07) is 0. The first-order valence-corrected chi connectivity index (χ1v) is 10.4. The summed E-state index contributed by atoms with van der Waals surface area (Å²) in [7, 11) is 0. The molecule has 204 valence electrons. The average molecular weight is 508 g/mol. The fraction of sp³-hybridized carbons (Fsp3) is 1.00. The van der Waals surface area contributed by atoms with Gasteiger partial charge in [0, 0.05) is 0 Å². The minimum absolute atomic E-state index is 0.306. The number of rotatable bonds is 10. The third-order valence-electron chi connectivity index (χ3n) is 5.09. The van der Waals surface area contributed by atoms with E-state index in [1.165, 1.54) is 0 Å². The Morgan fingerprint density at radius 3 is 1.44 bits per heavy atom. The molecule has 12 N–H and O–H groups in total. The minimum atomic E-state index is -1.54. The Labute approximate surface area is 194 Å². The molecule has 0 aromatic rings. The minimum Gasteiger partial charge on any atom is -0.394 e. The van der Waals surface area contributed by atoms with Crippen LogP contribution in [0, 0.1) is 0 Å². The molecule has 2 rings (SSSR count). The van der Waals surface area contributed by atoms with Gasteiger partial charge in [0.2, 0.25) is 0 Å². The molecule has 0 bridgehead atoms. The van der Waals surface area contributed by atoms with Crippen LogP contribution in [0.15, 0.2) is 0 Å². The zero-order chi connectivity index (χ0) is 26.0. The second-order valence-electron chi connectivity index (χ2n) is 7.69. The highest BCUT2D eigenvalue weighted by Gasteiger charge is 2.45. The monoisotopic (exact) mass is 508 g/mol. The van der Waals surface area contributed by atoms with Crippen molar-refractivity contribution in [2.75, 3.05) is 39.6 Å². The summed E-state index contributed by atoms with van der Waals surface area (Å²) in [5, 5.41) is 110. The summed E-state index contributed by atoms with van der Waals surface area (Å²) >= 11 is 0. The summed E-state index contributed by atoms with van der Waals surface area (Å²) < 4.78 is 19.9. The third-order valence-corrected chi connectivity index (χ3v) is 5.09. The van der Waals surface area contributed by atoms with Gasteiger partial charge < -0.3 is 80.2 Å². The number of hydrogen-bond acceptors (Lipinski definition) is 16. The van der Waals surface area contributed by atoms with Crippen LogP contribution >= 0.6 is 0 Å². The van der Waals surface area contributed by atoms with E-state index in [2.05, 4.69) is 0 Å². The van der Waals surface area contributed by atoms with E-state index in [9.17, 15) is 30.6 Å². The maximum Gasteiger partial charge on any atom is 0.187 e. The highest BCUT2D eigenvalue weighted by Crippen LogP contribution is 2.23. The molecule has 16 heteroatoms. The van der Waals surface area contributed by atoms with Crippen LogP contribution in [-0.2, 0) is 18.9 Å². The lowest BCUT2D eigenvalue weighted by molar-refractivity contribution is -0.315. The Kier molecular flexibility index (Phi) is 14.3. The molecule has 2 fully saturated rings. The second kappa shape index (κ2) is 15.5. The highest BCUT2D eigenvalue weighted by molar-refractivity contribution is 4.90. The molecule has 0 amide bonds. The zero-order valence-electron chi connectivity index (χ0n) is 18.2. The molecule has 0 radical (unpaired) electrons. The Bertz CT molecular complexity index is 532. The van der Waals surface area contributed by atoms with Crippen LogP contribution in [-0.4, -0.2) is 175 Å². The van der Waals surface area contributed by atoms with Crippen molar-refractivity contribution in [3.8, 4) is 0 Å².